The summed E-state index contributed by atoms with van der Waals surface area (Å²) in [7, 11) is -0.702. The van der Waals surface area contributed by atoms with Gasteiger partial charge in [0.2, 0.25) is 10.0 Å². The minimum absolute atomic E-state index is 0.0567. The molecule has 0 aromatic heterocycles. The van der Waals surface area contributed by atoms with Crippen LogP contribution < -0.4 is 0 Å². The first-order valence-corrected chi connectivity index (χ1v) is 8.68. The van der Waals surface area contributed by atoms with Crippen molar-refractivity contribution in [3.8, 4) is 0 Å². The van der Waals surface area contributed by atoms with Crippen LogP contribution in [0.15, 0.2) is 29.2 Å². The van der Waals surface area contributed by atoms with E-state index in [9.17, 15) is 18.0 Å². The summed E-state index contributed by atoms with van der Waals surface area (Å²) in [5.74, 6) is -1.45. The normalized spacial score (nSPS) is 16.2. The number of carbonyl (C=O) groups is 2. The first-order valence-electron chi connectivity index (χ1n) is 7.24. The van der Waals surface area contributed by atoms with Crippen molar-refractivity contribution in [3.05, 3.63) is 29.8 Å². The Morgan fingerprint density at radius 3 is 2.09 bits per heavy atom. The first kappa shape index (κ1) is 17.4. The van der Waals surface area contributed by atoms with E-state index in [1.807, 2.05) is 0 Å². The van der Waals surface area contributed by atoms with Gasteiger partial charge in [0, 0.05) is 25.7 Å². The second-order valence-electron chi connectivity index (χ2n) is 5.77. The molecule has 1 fully saturated rings. The van der Waals surface area contributed by atoms with Gasteiger partial charge in [0.05, 0.1) is 4.90 Å². The van der Waals surface area contributed by atoms with Gasteiger partial charge in [-0.2, -0.15) is 0 Å². The fourth-order valence-corrected chi connectivity index (χ4v) is 3.16. The Bertz CT molecular complexity index is 708. The van der Waals surface area contributed by atoms with Crippen molar-refractivity contribution in [2.45, 2.75) is 36.7 Å². The molecule has 1 atom stereocenters. The average Bonchev–Trinajstić information content (AvgIpc) is 3.31. The fraction of sp³-hybridized carbons (Fsp3) is 0.467. The van der Waals surface area contributed by atoms with Gasteiger partial charge in [0.1, 0.15) is 6.04 Å². The predicted octanol–water partition coefficient (Wildman–Crippen LogP) is 1.01. The van der Waals surface area contributed by atoms with E-state index < -0.39 is 27.9 Å². The van der Waals surface area contributed by atoms with Crippen molar-refractivity contribution in [1.29, 1.82) is 0 Å². The number of rotatable bonds is 6. The topological polar surface area (TPSA) is 95.0 Å². The van der Waals surface area contributed by atoms with E-state index in [0.29, 0.717) is 0 Å². The van der Waals surface area contributed by atoms with Crippen LogP contribution in [0.1, 0.15) is 30.1 Å². The number of nitrogens with zero attached hydrogens (tertiary/aromatic N) is 2. The van der Waals surface area contributed by atoms with E-state index in [0.717, 1.165) is 17.1 Å². The molecule has 8 heteroatoms. The molecule has 1 saturated carbocycles. The minimum atomic E-state index is -3.56. The molecule has 0 aliphatic heterocycles. The Hall–Kier alpha value is -1.93. The van der Waals surface area contributed by atoms with Gasteiger partial charge in [-0.15, -0.1) is 0 Å². The molecule has 7 nitrogen and oxygen atoms in total. The van der Waals surface area contributed by atoms with Crippen molar-refractivity contribution >= 4 is 21.9 Å². The standard InChI is InChI=1S/C15H20N2O5S/c1-10(15(19)20)17(12-6-7-12)14(18)11-4-8-13(9-5-11)23(21,22)16(2)3/h4-5,8-10,12H,6-7H2,1-3H3,(H,19,20). The van der Waals surface area contributed by atoms with Crippen LogP contribution in [0.2, 0.25) is 0 Å². The van der Waals surface area contributed by atoms with Crippen molar-refractivity contribution in [2.75, 3.05) is 14.1 Å². The monoisotopic (exact) mass is 340 g/mol. The molecule has 1 aromatic carbocycles. The number of hydrogen-bond donors (Lipinski definition) is 1. The van der Waals surface area contributed by atoms with Gasteiger partial charge in [-0.1, -0.05) is 0 Å². The predicted molar refractivity (Wildman–Crippen MR) is 83.6 cm³/mol. The summed E-state index contributed by atoms with van der Waals surface area (Å²) in [4.78, 5) is 25.2. The number of carbonyl (C=O) groups excluding carboxylic acids is 1. The van der Waals surface area contributed by atoms with E-state index in [1.54, 1.807) is 0 Å². The van der Waals surface area contributed by atoms with Crippen molar-refractivity contribution in [2.24, 2.45) is 0 Å². The van der Waals surface area contributed by atoms with Crippen LogP contribution in [-0.2, 0) is 14.8 Å². The Morgan fingerprint density at radius 2 is 1.70 bits per heavy atom. The highest BCUT2D eigenvalue weighted by molar-refractivity contribution is 7.89. The average molecular weight is 340 g/mol. The highest BCUT2D eigenvalue weighted by Gasteiger charge is 2.38. The molecule has 1 amide bonds. The van der Waals surface area contributed by atoms with Gasteiger partial charge in [0.25, 0.3) is 5.91 Å². The van der Waals surface area contributed by atoms with Crippen LogP contribution in [0.3, 0.4) is 0 Å². The van der Waals surface area contributed by atoms with E-state index in [-0.39, 0.29) is 16.5 Å². The van der Waals surface area contributed by atoms with E-state index >= 15 is 0 Å². The number of hydrogen-bond acceptors (Lipinski definition) is 4. The molecule has 2 rings (SSSR count). The van der Waals surface area contributed by atoms with Gasteiger partial charge >= 0.3 is 5.97 Å². The maximum Gasteiger partial charge on any atom is 0.326 e. The first-order chi connectivity index (χ1) is 10.7. The van der Waals surface area contributed by atoms with Gasteiger partial charge in [-0.3, -0.25) is 4.79 Å². The Kier molecular flexibility index (Phi) is 4.76. The van der Waals surface area contributed by atoms with Crippen LogP contribution in [0.4, 0.5) is 0 Å². The molecule has 0 radical (unpaired) electrons. The lowest BCUT2D eigenvalue weighted by Crippen LogP contribution is -2.44. The molecular formula is C15H20N2O5S. The highest BCUT2D eigenvalue weighted by atomic mass is 32.2. The molecule has 126 valence electrons. The van der Waals surface area contributed by atoms with Crippen LogP contribution in [0, 0.1) is 0 Å². The van der Waals surface area contributed by atoms with Crippen LogP contribution in [-0.4, -0.2) is 60.8 Å². The lowest BCUT2D eigenvalue weighted by Gasteiger charge is -2.26. The third-order valence-corrected chi connectivity index (χ3v) is 5.66. The van der Waals surface area contributed by atoms with Crippen LogP contribution >= 0.6 is 0 Å². The van der Waals surface area contributed by atoms with Gasteiger partial charge in [0.15, 0.2) is 0 Å². The summed E-state index contributed by atoms with van der Waals surface area (Å²) in [6.07, 6.45) is 1.58. The number of aliphatic carboxylic acids is 1. The van der Waals surface area contributed by atoms with Crippen molar-refractivity contribution in [3.63, 3.8) is 0 Å². The summed E-state index contributed by atoms with van der Waals surface area (Å²) in [6.45, 7) is 1.48. The second-order valence-corrected chi connectivity index (χ2v) is 7.92. The van der Waals surface area contributed by atoms with Gasteiger partial charge in [-0.25, -0.2) is 17.5 Å². The molecule has 0 bridgehead atoms. The number of amides is 1. The van der Waals surface area contributed by atoms with Crippen molar-refractivity contribution < 1.29 is 23.1 Å². The Labute approximate surface area is 135 Å². The zero-order chi connectivity index (χ0) is 17.4. The molecule has 0 heterocycles. The largest absolute Gasteiger partial charge is 0.480 e. The molecule has 1 unspecified atom stereocenters. The van der Waals surface area contributed by atoms with Crippen molar-refractivity contribution in [1.82, 2.24) is 9.21 Å². The summed E-state index contributed by atoms with van der Waals surface area (Å²) >= 11 is 0. The van der Waals surface area contributed by atoms with Crippen LogP contribution in [0.5, 0.6) is 0 Å². The van der Waals surface area contributed by atoms with E-state index in [2.05, 4.69) is 0 Å². The maximum absolute atomic E-state index is 12.6. The van der Waals surface area contributed by atoms with E-state index in [1.165, 1.54) is 50.2 Å². The Morgan fingerprint density at radius 1 is 1.17 bits per heavy atom. The third-order valence-electron chi connectivity index (χ3n) is 3.83. The molecule has 1 aliphatic rings. The molecule has 1 aliphatic carbocycles. The minimum Gasteiger partial charge on any atom is -0.480 e. The lowest BCUT2D eigenvalue weighted by atomic mass is 10.1. The van der Waals surface area contributed by atoms with Crippen LogP contribution in [0.25, 0.3) is 0 Å². The molecule has 0 spiro atoms. The van der Waals surface area contributed by atoms with Gasteiger partial charge < -0.3 is 10.0 Å². The van der Waals surface area contributed by atoms with Gasteiger partial charge in [-0.05, 0) is 44.0 Å². The molecule has 0 saturated heterocycles. The fourth-order valence-electron chi connectivity index (χ4n) is 2.26. The summed E-state index contributed by atoms with van der Waals surface area (Å²) in [6, 6.07) is 4.59. The SMILES string of the molecule is CC(C(=O)O)N(C(=O)c1ccc(S(=O)(=O)N(C)C)cc1)C1CC1. The summed E-state index contributed by atoms with van der Waals surface area (Å²) < 4.78 is 25.1. The maximum atomic E-state index is 12.6. The summed E-state index contributed by atoms with van der Waals surface area (Å²) in [5.41, 5.74) is 0.280. The molecule has 1 aromatic rings. The smallest absolute Gasteiger partial charge is 0.326 e. The Balaban J connectivity index is 2.27. The number of carboxylic acids is 1. The number of sulfonamides is 1. The number of benzene rings is 1. The quantitative estimate of drug-likeness (QED) is 0.834. The lowest BCUT2D eigenvalue weighted by molar-refractivity contribution is -0.141. The molecule has 1 N–H and O–H groups in total. The third kappa shape index (κ3) is 3.53. The molecular weight excluding hydrogens is 320 g/mol. The summed E-state index contributed by atoms with van der Waals surface area (Å²) in [5, 5.41) is 9.16. The number of carboxylic acid groups (broad SMARTS) is 1. The highest BCUT2D eigenvalue weighted by Crippen LogP contribution is 2.30. The second kappa shape index (κ2) is 6.29. The van der Waals surface area contributed by atoms with E-state index in [4.69, 9.17) is 5.11 Å². The zero-order valence-corrected chi connectivity index (χ0v) is 14.1. The molecule has 23 heavy (non-hydrogen) atoms. The zero-order valence-electron chi connectivity index (χ0n) is 13.3.